The Morgan fingerprint density at radius 3 is 2.53 bits per heavy atom. The number of benzene rings is 1. The lowest BCUT2D eigenvalue weighted by Gasteiger charge is -2.30. The van der Waals surface area contributed by atoms with E-state index in [1.165, 1.54) is 17.5 Å². The molecule has 0 bridgehead atoms. The van der Waals surface area contributed by atoms with Crippen molar-refractivity contribution >= 4 is 5.91 Å². The van der Waals surface area contributed by atoms with Crippen molar-refractivity contribution < 1.29 is 4.79 Å². The highest BCUT2D eigenvalue weighted by Crippen LogP contribution is 2.48. The van der Waals surface area contributed by atoms with Crippen LogP contribution in [0.25, 0.3) is 0 Å². The Labute approximate surface area is 115 Å². The molecule has 1 aromatic rings. The third-order valence-corrected chi connectivity index (χ3v) is 4.90. The van der Waals surface area contributed by atoms with E-state index in [1.54, 1.807) is 0 Å². The molecule has 102 valence electrons. The summed E-state index contributed by atoms with van der Waals surface area (Å²) in [6.07, 6.45) is 5.39. The van der Waals surface area contributed by atoms with Crippen molar-refractivity contribution in [1.82, 2.24) is 4.90 Å². The predicted octanol–water partition coefficient (Wildman–Crippen LogP) is 4.23. The number of amides is 1. The standard InChI is InChI=1S/C17H23NO/c1-3-12-8-7-11-16-14-10-6-5-9-13(14)15(4-2)18(16)17(12)19/h5-6,9-10,12,15-16H,3-4,7-8,11H2,1-2H3. The molecule has 2 aliphatic rings. The van der Waals surface area contributed by atoms with Gasteiger partial charge in [-0.2, -0.15) is 0 Å². The summed E-state index contributed by atoms with van der Waals surface area (Å²) in [4.78, 5) is 15.0. The van der Waals surface area contributed by atoms with Gasteiger partial charge in [-0.05, 0) is 36.8 Å². The first-order chi connectivity index (χ1) is 9.27. The van der Waals surface area contributed by atoms with E-state index in [4.69, 9.17) is 0 Å². The molecule has 2 aliphatic heterocycles. The fraction of sp³-hybridized carbons (Fsp3) is 0.588. The van der Waals surface area contributed by atoms with E-state index in [1.807, 2.05) is 0 Å². The molecular weight excluding hydrogens is 234 g/mol. The Hall–Kier alpha value is -1.31. The van der Waals surface area contributed by atoms with Gasteiger partial charge in [-0.25, -0.2) is 0 Å². The first kappa shape index (κ1) is 12.7. The number of carbonyl (C=O) groups is 1. The Morgan fingerprint density at radius 2 is 1.84 bits per heavy atom. The Balaban J connectivity index is 2.04. The molecular formula is C17H23NO. The number of hydrogen-bond donors (Lipinski definition) is 0. The van der Waals surface area contributed by atoms with Crippen molar-refractivity contribution in [2.45, 2.75) is 58.0 Å². The highest BCUT2D eigenvalue weighted by Gasteiger charge is 2.43. The van der Waals surface area contributed by atoms with Crippen LogP contribution in [0.4, 0.5) is 0 Å². The van der Waals surface area contributed by atoms with E-state index < -0.39 is 0 Å². The summed E-state index contributed by atoms with van der Waals surface area (Å²) >= 11 is 0. The molecule has 19 heavy (non-hydrogen) atoms. The van der Waals surface area contributed by atoms with Gasteiger partial charge in [0.15, 0.2) is 0 Å². The highest BCUT2D eigenvalue weighted by atomic mass is 16.2. The topological polar surface area (TPSA) is 20.3 Å². The summed E-state index contributed by atoms with van der Waals surface area (Å²) in [6, 6.07) is 9.30. The van der Waals surface area contributed by atoms with Crippen molar-refractivity contribution in [1.29, 1.82) is 0 Å². The van der Waals surface area contributed by atoms with Gasteiger partial charge in [0, 0.05) is 5.92 Å². The molecule has 1 aromatic carbocycles. The van der Waals surface area contributed by atoms with E-state index in [0.717, 1.165) is 25.7 Å². The average molecular weight is 257 g/mol. The molecule has 0 saturated carbocycles. The van der Waals surface area contributed by atoms with Crippen LogP contribution in [0.15, 0.2) is 24.3 Å². The number of carbonyl (C=O) groups excluding carboxylic acids is 1. The second-order valence-corrected chi connectivity index (χ2v) is 5.85. The minimum atomic E-state index is 0.244. The van der Waals surface area contributed by atoms with Gasteiger partial charge in [0.1, 0.15) is 0 Å². The minimum absolute atomic E-state index is 0.244. The van der Waals surface area contributed by atoms with Crippen LogP contribution in [0.3, 0.4) is 0 Å². The second kappa shape index (κ2) is 4.99. The summed E-state index contributed by atoms with van der Waals surface area (Å²) in [5.74, 6) is 0.640. The molecule has 3 unspecified atom stereocenters. The van der Waals surface area contributed by atoms with Crippen LogP contribution in [-0.4, -0.2) is 10.8 Å². The SMILES string of the molecule is CCC1CCCC2c3ccccc3C(CC)N2C1=O. The Morgan fingerprint density at radius 1 is 1.11 bits per heavy atom. The van der Waals surface area contributed by atoms with Gasteiger partial charge in [0.05, 0.1) is 12.1 Å². The van der Waals surface area contributed by atoms with Crippen LogP contribution < -0.4 is 0 Å². The average Bonchev–Trinajstić information content (AvgIpc) is 2.67. The molecule has 2 heteroatoms. The number of rotatable bonds is 2. The fourth-order valence-electron chi connectivity index (χ4n) is 3.92. The van der Waals surface area contributed by atoms with Crippen molar-refractivity contribution in [3.05, 3.63) is 35.4 Å². The fourth-order valence-corrected chi connectivity index (χ4v) is 3.92. The lowest BCUT2D eigenvalue weighted by atomic mass is 9.95. The van der Waals surface area contributed by atoms with E-state index in [9.17, 15) is 4.79 Å². The summed E-state index contributed by atoms with van der Waals surface area (Å²) in [5.41, 5.74) is 2.79. The number of hydrogen-bond acceptors (Lipinski definition) is 1. The molecule has 2 heterocycles. The van der Waals surface area contributed by atoms with Gasteiger partial charge in [-0.15, -0.1) is 0 Å². The molecule has 2 nitrogen and oxygen atoms in total. The maximum absolute atomic E-state index is 12.8. The third kappa shape index (κ3) is 1.89. The first-order valence-electron chi connectivity index (χ1n) is 7.68. The zero-order valence-corrected chi connectivity index (χ0v) is 11.9. The normalized spacial score (nSPS) is 29.9. The van der Waals surface area contributed by atoms with Crippen LogP contribution in [0.1, 0.15) is 69.2 Å². The van der Waals surface area contributed by atoms with Crippen molar-refractivity contribution in [2.24, 2.45) is 5.92 Å². The Bertz CT molecular complexity index is 482. The van der Waals surface area contributed by atoms with Gasteiger partial charge in [-0.1, -0.05) is 44.5 Å². The van der Waals surface area contributed by atoms with Crippen LogP contribution in [0.2, 0.25) is 0 Å². The molecule has 1 fully saturated rings. The number of nitrogens with zero attached hydrogens (tertiary/aromatic N) is 1. The molecule has 0 aliphatic carbocycles. The van der Waals surface area contributed by atoms with Crippen LogP contribution in [0, 0.1) is 5.92 Å². The van der Waals surface area contributed by atoms with E-state index in [-0.39, 0.29) is 5.92 Å². The minimum Gasteiger partial charge on any atom is -0.328 e. The van der Waals surface area contributed by atoms with Gasteiger partial charge in [-0.3, -0.25) is 4.79 Å². The smallest absolute Gasteiger partial charge is 0.226 e. The summed E-state index contributed by atoms with van der Waals surface area (Å²) in [5, 5.41) is 0. The molecule has 0 spiro atoms. The second-order valence-electron chi connectivity index (χ2n) is 5.85. The van der Waals surface area contributed by atoms with E-state index in [2.05, 4.69) is 43.0 Å². The molecule has 3 rings (SSSR count). The third-order valence-electron chi connectivity index (χ3n) is 4.90. The molecule has 1 amide bonds. The molecule has 0 N–H and O–H groups in total. The van der Waals surface area contributed by atoms with Gasteiger partial charge >= 0.3 is 0 Å². The maximum atomic E-state index is 12.8. The molecule has 1 saturated heterocycles. The quantitative estimate of drug-likeness (QED) is 0.776. The maximum Gasteiger partial charge on any atom is 0.226 e. The van der Waals surface area contributed by atoms with Crippen molar-refractivity contribution in [3.8, 4) is 0 Å². The Kier molecular flexibility index (Phi) is 3.34. The lowest BCUT2D eigenvalue weighted by Crippen LogP contribution is -2.35. The summed E-state index contributed by atoms with van der Waals surface area (Å²) in [7, 11) is 0. The first-order valence-corrected chi connectivity index (χ1v) is 7.68. The van der Waals surface area contributed by atoms with Crippen LogP contribution >= 0.6 is 0 Å². The van der Waals surface area contributed by atoms with Crippen molar-refractivity contribution in [3.63, 3.8) is 0 Å². The van der Waals surface area contributed by atoms with E-state index >= 15 is 0 Å². The number of fused-ring (bicyclic) bond motifs is 3. The molecule has 0 aromatic heterocycles. The zero-order valence-electron chi connectivity index (χ0n) is 11.9. The van der Waals surface area contributed by atoms with Crippen molar-refractivity contribution in [2.75, 3.05) is 0 Å². The highest BCUT2D eigenvalue weighted by molar-refractivity contribution is 5.81. The van der Waals surface area contributed by atoms with Gasteiger partial charge in [0.2, 0.25) is 5.91 Å². The molecule has 3 atom stereocenters. The van der Waals surface area contributed by atoms with Gasteiger partial charge in [0.25, 0.3) is 0 Å². The van der Waals surface area contributed by atoms with E-state index in [0.29, 0.717) is 18.0 Å². The van der Waals surface area contributed by atoms with Crippen LogP contribution in [0.5, 0.6) is 0 Å². The predicted molar refractivity (Wildman–Crippen MR) is 76.7 cm³/mol. The monoisotopic (exact) mass is 257 g/mol. The van der Waals surface area contributed by atoms with Crippen LogP contribution in [-0.2, 0) is 4.79 Å². The summed E-state index contributed by atoms with van der Waals surface area (Å²) < 4.78 is 0. The molecule has 0 radical (unpaired) electrons. The van der Waals surface area contributed by atoms with Gasteiger partial charge < -0.3 is 4.90 Å². The summed E-state index contributed by atoms with van der Waals surface area (Å²) in [6.45, 7) is 4.34. The zero-order chi connectivity index (χ0) is 13.4. The largest absolute Gasteiger partial charge is 0.328 e. The lowest BCUT2D eigenvalue weighted by molar-refractivity contribution is -0.139.